The summed E-state index contributed by atoms with van der Waals surface area (Å²) in [6.45, 7) is 0.516. The highest BCUT2D eigenvalue weighted by molar-refractivity contribution is 7.03. The SMILES string of the molecule is O=C1Nc2cc(CCOc3ccc(-c4csnn4)cc3)ccc2Nc2cc(-c3cccc4cnccc34)ccc21. The molecule has 194 valence electrons. The fourth-order valence-electron chi connectivity index (χ4n) is 4.98. The molecule has 0 saturated heterocycles. The van der Waals surface area contributed by atoms with Crippen LogP contribution in [0.1, 0.15) is 15.9 Å². The average molecular weight is 542 g/mol. The minimum Gasteiger partial charge on any atom is -0.493 e. The third kappa shape index (κ3) is 4.65. The highest BCUT2D eigenvalue weighted by atomic mass is 32.1. The van der Waals surface area contributed by atoms with E-state index in [4.69, 9.17) is 4.74 Å². The number of amides is 1. The van der Waals surface area contributed by atoms with Crippen molar-refractivity contribution in [2.24, 2.45) is 0 Å². The van der Waals surface area contributed by atoms with Gasteiger partial charge in [-0.25, -0.2) is 0 Å². The van der Waals surface area contributed by atoms with Crippen LogP contribution in [-0.4, -0.2) is 27.1 Å². The summed E-state index contributed by atoms with van der Waals surface area (Å²) < 4.78 is 9.88. The van der Waals surface area contributed by atoms with Crippen molar-refractivity contribution in [3.8, 4) is 28.1 Å². The normalized spacial score (nSPS) is 12.2. The highest BCUT2D eigenvalue weighted by Gasteiger charge is 2.20. The van der Waals surface area contributed by atoms with Gasteiger partial charge >= 0.3 is 0 Å². The monoisotopic (exact) mass is 541 g/mol. The van der Waals surface area contributed by atoms with Crippen LogP contribution < -0.4 is 15.4 Å². The summed E-state index contributed by atoms with van der Waals surface area (Å²) in [6.07, 6.45) is 4.37. The van der Waals surface area contributed by atoms with Crippen LogP contribution in [-0.2, 0) is 6.42 Å². The van der Waals surface area contributed by atoms with E-state index in [2.05, 4.69) is 43.4 Å². The molecule has 7 rings (SSSR count). The van der Waals surface area contributed by atoms with Crippen molar-refractivity contribution in [1.29, 1.82) is 0 Å². The van der Waals surface area contributed by atoms with E-state index in [1.54, 1.807) is 6.20 Å². The number of fused-ring (bicyclic) bond motifs is 3. The minimum absolute atomic E-state index is 0.140. The Morgan fingerprint density at radius 2 is 1.70 bits per heavy atom. The number of pyridine rings is 1. The van der Waals surface area contributed by atoms with Crippen molar-refractivity contribution in [3.05, 3.63) is 114 Å². The first-order valence-electron chi connectivity index (χ1n) is 12.9. The van der Waals surface area contributed by atoms with Gasteiger partial charge in [0.05, 0.1) is 29.2 Å². The maximum absolute atomic E-state index is 13.2. The molecule has 4 aromatic carbocycles. The maximum atomic E-state index is 13.2. The van der Waals surface area contributed by atoms with Crippen molar-refractivity contribution in [2.45, 2.75) is 6.42 Å². The quantitative estimate of drug-likeness (QED) is 0.229. The van der Waals surface area contributed by atoms with E-state index in [1.807, 2.05) is 78.3 Å². The standard InChI is InChI=1S/C32H23N5O2S/c38-32-27-10-7-22(25-3-1-2-23-18-33-14-12-26(23)25)17-29(27)34-28-11-4-20(16-30(28)35-32)13-15-39-24-8-5-21(6-9-24)31-19-40-37-36-31/h1-12,14,16-19,34H,13,15H2,(H,35,38). The summed E-state index contributed by atoms with van der Waals surface area (Å²) in [5.41, 5.74) is 8.04. The van der Waals surface area contributed by atoms with Gasteiger partial charge in [0.2, 0.25) is 0 Å². The second-order valence-electron chi connectivity index (χ2n) is 9.53. The number of aromatic nitrogens is 3. The van der Waals surface area contributed by atoms with Crippen molar-refractivity contribution in [1.82, 2.24) is 14.6 Å². The van der Waals surface area contributed by atoms with E-state index >= 15 is 0 Å². The van der Waals surface area contributed by atoms with Crippen LogP contribution in [0.4, 0.5) is 17.1 Å². The molecule has 0 spiro atoms. The first-order valence-corrected chi connectivity index (χ1v) is 13.7. The lowest BCUT2D eigenvalue weighted by molar-refractivity contribution is 0.102. The van der Waals surface area contributed by atoms with Gasteiger partial charge in [0.25, 0.3) is 5.91 Å². The van der Waals surface area contributed by atoms with E-state index in [9.17, 15) is 4.79 Å². The van der Waals surface area contributed by atoms with Crippen LogP contribution in [0.25, 0.3) is 33.2 Å². The van der Waals surface area contributed by atoms with Crippen LogP contribution >= 0.6 is 11.5 Å². The lowest BCUT2D eigenvalue weighted by Crippen LogP contribution is -2.11. The summed E-state index contributed by atoms with van der Waals surface area (Å²) in [5, 5.41) is 14.8. The molecule has 8 heteroatoms. The molecule has 0 saturated carbocycles. The van der Waals surface area contributed by atoms with E-state index in [0.717, 1.165) is 61.5 Å². The topological polar surface area (TPSA) is 89.0 Å². The number of carbonyl (C=O) groups is 1. The van der Waals surface area contributed by atoms with Gasteiger partial charge in [-0.2, -0.15) is 0 Å². The van der Waals surface area contributed by atoms with Crippen molar-refractivity contribution < 1.29 is 9.53 Å². The molecule has 0 bridgehead atoms. The lowest BCUT2D eigenvalue weighted by Gasteiger charge is -2.13. The lowest BCUT2D eigenvalue weighted by atomic mass is 9.97. The van der Waals surface area contributed by atoms with Gasteiger partial charge < -0.3 is 15.4 Å². The number of hydrogen-bond donors (Lipinski definition) is 2. The molecule has 3 heterocycles. The van der Waals surface area contributed by atoms with Crippen LogP contribution in [0, 0.1) is 0 Å². The van der Waals surface area contributed by atoms with E-state index in [-0.39, 0.29) is 5.91 Å². The Morgan fingerprint density at radius 1 is 0.800 bits per heavy atom. The molecule has 0 radical (unpaired) electrons. The van der Waals surface area contributed by atoms with E-state index in [0.29, 0.717) is 18.6 Å². The molecule has 2 aromatic heterocycles. The van der Waals surface area contributed by atoms with Crippen LogP contribution in [0.5, 0.6) is 5.75 Å². The van der Waals surface area contributed by atoms with Gasteiger partial charge in [-0.05, 0) is 88.2 Å². The average Bonchev–Trinajstić information content (AvgIpc) is 3.49. The number of ether oxygens (including phenoxy) is 1. The fraction of sp³-hybridized carbons (Fsp3) is 0.0625. The molecule has 0 aliphatic carbocycles. The molecule has 0 atom stereocenters. The van der Waals surface area contributed by atoms with Gasteiger partial charge in [-0.3, -0.25) is 9.78 Å². The zero-order valence-electron chi connectivity index (χ0n) is 21.3. The molecule has 1 aliphatic rings. The Hall–Kier alpha value is -5.08. The van der Waals surface area contributed by atoms with Gasteiger partial charge in [-0.1, -0.05) is 34.8 Å². The molecule has 0 fully saturated rings. The smallest absolute Gasteiger partial charge is 0.257 e. The number of nitrogens with one attached hydrogen (secondary N) is 2. The van der Waals surface area contributed by atoms with Gasteiger partial charge in [-0.15, -0.1) is 5.10 Å². The summed E-state index contributed by atoms with van der Waals surface area (Å²) >= 11 is 1.33. The Bertz CT molecular complexity index is 1850. The number of carbonyl (C=O) groups excluding carboxylic acids is 1. The Morgan fingerprint density at radius 3 is 2.58 bits per heavy atom. The summed E-state index contributed by atoms with van der Waals surface area (Å²) in [5.74, 6) is 0.657. The maximum Gasteiger partial charge on any atom is 0.257 e. The van der Waals surface area contributed by atoms with Crippen molar-refractivity contribution in [3.63, 3.8) is 0 Å². The van der Waals surface area contributed by atoms with E-state index in [1.165, 1.54) is 11.5 Å². The largest absolute Gasteiger partial charge is 0.493 e. The second-order valence-corrected chi connectivity index (χ2v) is 10.1. The first kappa shape index (κ1) is 24.0. The Labute approximate surface area is 234 Å². The minimum atomic E-state index is -0.140. The molecule has 1 amide bonds. The molecule has 0 unspecified atom stereocenters. The summed E-state index contributed by atoms with van der Waals surface area (Å²) in [4.78, 5) is 17.4. The first-order chi connectivity index (χ1) is 19.7. The predicted octanol–water partition coefficient (Wildman–Crippen LogP) is 7.35. The molecular formula is C32H23N5O2S. The van der Waals surface area contributed by atoms with Gasteiger partial charge in [0.15, 0.2) is 0 Å². The zero-order valence-corrected chi connectivity index (χ0v) is 22.1. The van der Waals surface area contributed by atoms with Gasteiger partial charge in [0.1, 0.15) is 11.4 Å². The molecule has 40 heavy (non-hydrogen) atoms. The Kier molecular flexibility index (Phi) is 6.14. The van der Waals surface area contributed by atoms with Crippen molar-refractivity contribution in [2.75, 3.05) is 17.2 Å². The molecule has 2 N–H and O–H groups in total. The van der Waals surface area contributed by atoms with Crippen LogP contribution in [0.15, 0.2) is 103 Å². The van der Waals surface area contributed by atoms with Crippen LogP contribution in [0.2, 0.25) is 0 Å². The third-order valence-electron chi connectivity index (χ3n) is 7.03. The number of rotatable bonds is 6. The number of nitrogens with zero attached hydrogens (tertiary/aromatic N) is 3. The summed E-state index contributed by atoms with van der Waals surface area (Å²) in [6, 6.07) is 28.0. The number of benzene rings is 4. The second kappa shape index (κ2) is 10.2. The third-order valence-corrected chi connectivity index (χ3v) is 7.53. The number of anilines is 3. The summed E-state index contributed by atoms with van der Waals surface area (Å²) in [7, 11) is 0. The van der Waals surface area contributed by atoms with Crippen molar-refractivity contribution >= 4 is 45.3 Å². The molecule has 6 aromatic rings. The predicted molar refractivity (Wildman–Crippen MR) is 159 cm³/mol. The highest BCUT2D eigenvalue weighted by Crippen LogP contribution is 2.37. The molecule has 1 aliphatic heterocycles. The molecular weight excluding hydrogens is 518 g/mol. The zero-order chi connectivity index (χ0) is 26.9. The Balaban J connectivity index is 1.08. The number of hydrogen-bond acceptors (Lipinski definition) is 7. The molecule has 7 nitrogen and oxygen atoms in total. The fourth-order valence-corrected chi connectivity index (χ4v) is 5.45. The van der Waals surface area contributed by atoms with Gasteiger partial charge in [0, 0.05) is 35.1 Å². The van der Waals surface area contributed by atoms with E-state index < -0.39 is 0 Å². The van der Waals surface area contributed by atoms with Crippen LogP contribution in [0.3, 0.4) is 0 Å².